The van der Waals surface area contributed by atoms with Crippen LogP contribution in [0.1, 0.15) is 16.8 Å². The van der Waals surface area contributed by atoms with Crippen LogP contribution in [0.15, 0.2) is 39.9 Å². The van der Waals surface area contributed by atoms with Gasteiger partial charge in [0.05, 0.1) is 5.56 Å². The molecule has 3 rings (SSSR count). The molecule has 1 aromatic carbocycles. The van der Waals surface area contributed by atoms with Crippen molar-refractivity contribution in [2.45, 2.75) is 19.5 Å². The van der Waals surface area contributed by atoms with E-state index in [4.69, 9.17) is 0 Å². The van der Waals surface area contributed by atoms with E-state index in [-0.39, 0.29) is 11.2 Å². The van der Waals surface area contributed by atoms with Crippen LogP contribution in [0, 0.1) is 0 Å². The van der Waals surface area contributed by atoms with Crippen LogP contribution in [0.3, 0.4) is 0 Å². The highest BCUT2D eigenvalue weighted by atomic mass is 16.2. The number of fused-ring (bicyclic) bond motifs is 1. The normalized spacial score (nSPS) is 15.1. The zero-order valence-electron chi connectivity index (χ0n) is 11.4. The zero-order chi connectivity index (χ0) is 14.1. The molecule has 1 aliphatic heterocycles. The molecule has 0 spiro atoms. The number of nitrogens with zero attached hydrogens (tertiary/aromatic N) is 2. The van der Waals surface area contributed by atoms with Gasteiger partial charge in [-0.25, -0.2) is 4.79 Å². The van der Waals surface area contributed by atoms with Gasteiger partial charge >= 0.3 is 5.69 Å². The van der Waals surface area contributed by atoms with Crippen molar-refractivity contribution < 1.29 is 0 Å². The third-order valence-electron chi connectivity index (χ3n) is 3.85. The molecule has 20 heavy (non-hydrogen) atoms. The molecule has 0 unspecified atom stereocenters. The van der Waals surface area contributed by atoms with Crippen LogP contribution in [0.5, 0.6) is 0 Å². The summed E-state index contributed by atoms with van der Waals surface area (Å²) in [5.74, 6) is 0. The SMILES string of the molecule is Cn1c2c(c(=O)[nH]c1=O)CN(Cc1ccccc1)CC2. The van der Waals surface area contributed by atoms with Gasteiger partial charge < -0.3 is 4.57 Å². The number of aromatic nitrogens is 2. The largest absolute Gasteiger partial charge is 0.328 e. The Bertz CT molecular complexity index is 731. The summed E-state index contributed by atoms with van der Waals surface area (Å²) in [4.78, 5) is 28.1. The number of nitrogens with one attached hydrogen (secondary N) is 1. The standard InChI is InChI=1S/C15H17N3O2/c1-17-13-7-8-18(9-11-5-3-2-4-6-11)10-12(13)14(19)16-15(17)20/h2-6H,7-10H2,1H3,(H,16,19,20). The Morgan fingerprint density at radius 3 is 2.70 bits per heavy atom. The summed E-state index contributed by atoms with van der Waals surface area (Å²) >= 11 is 0. The highest BCUT2D eigenvalue weighted by Crippen LogP contribution is 2.16. The van der Waals surface area contributed by atoms with E-state index in [1.807, 2.05) is 18.2 Å². The Labute approximate surface area is 116 Å². The molecule has 5 nitrogen and oxygen atoms in total. The van der Waals surface area contributed by atoms with Gasteiger partial charge in [-0.2, -0.15) is 0 Å². The van der Waals surface area contributed by atoms with Gasteiger partial charge in [0, 0.05) is 38.8 Å². The van der Waals surface area contributed by atoms with E-state index >= 15 is 0 Å². The predicted octanol–water partition coefficient (Wildman–Crippen LogP) is 0.632. The molecule has 104 valence electrons. The fraction of sp³-hybridized carbons (Fsp3) is 0.333. The molecule has 2 aromatic rings. The molecule has 1 aromatic heterocycles. The quantitative estimate of drug-likeness (QED) is 0.871. The summed E-state index contributed by atoms with van der Waals surface area (Å²) < 4.78 is 1.55. The van der Waals surface area contributed by atoms with E-state index in [1.54, 1.807) is 11.6 Å². The molecule has 0 bridgehead atoms. The first-order valence-corrected chi connectivity index (χ1v) is 6.72. The molecule has 2 heterocycles. The lowest BCUT2D eigenvalue weighted by atomic mass is 10.1. The van der Waals surface area contributed by atoms with Gasteiger partial charge in [-0.3, -0.25) is 14.7 Å². The Balaban J connectivity index is 1.88. The topological polar surface area (TPSA) is 58.1 Å². The van der Waals surface area contributed by atoms with Gasteiger partial charge in [-0.1, -0.05) is 30.3 Å². The number of benzene rings is 1. The van der Waals surface area contributed by atoms with E-state index < -0.39 is 0 Å². The van der Waals surface area contributed by atoms with Crippen molar-refractivity contribution in [1.29, 1.82) is 0 Å². The van der Waals surface area contributed by atoms with Crippen molar-refractivity contribution in [3.05, 3.63) is 68.0 Å². The molecule has 0 saturated heterocycles. The third-order valence-corrected chi connectivity index (χ3v) is 3.85. The molecule has 0 radical (unpaired) electrons. The van der Waals surface area contributed by atoms with Crippen molar-refractivity contribution in [3.8, 4) is 0 Å². The van der Waals surface area contributed by atoms with E-state index in [9.17, 15) is 9.59 Å². The summed E-state index contributed by atoms with van der Waals surface area (Å²) in [6.45, 7) is 2.27. The van der Waals surface area contributed by atoms with Crippen LogP contribution < -0.4 is 11.2 Å². The minimum Gasteiger partial charge on any atom is -0.300 e. The average molecular weight is 271 g/mol. The summed E-state index contributed by atoms with van der Waals surface area (Å²) in [6, 6.07) is 10.2. The summed E-state index contributed by atoms with van der Waals surface area (Å²) in [5, 5.41) is 0. The van der Waals surface area contributed by atoms with Gasteiger partial charge in [0.2, 0.25) is 0 Å². The Hall–Kier alpha value is -2.14. The lowest BCUT2D eigenvalue weighted by molar-refractivity contribution is 0.238. The van der Waals surface area contributed by atoms with Crippen molar-refractivity contribution in [2.75, 3.05) is 6.54 Å². The Morgan fingerprint density at radius 1 is 1.20 bits per heavy atom. The minimum atomic E-state index is -0.328. The molecule has 5 heteroatoms. The number of rotatable bonds is 2. The fourth-order valence-electron chi connectivity index (χ4n) is 2.74. The van der Waals surface area contributed by atoms with Crippen LogP contribution in [0.2, 0.25) is 0 Å². The number of hydrogen-bond donors (Lipinski definition) is 1. The van der Waals surface area contributed by atoms with Crippen molar-refractivity contribution in [1.82, 2.24) is 14.5 Å². The van der Waals surface area contributed by atoms with Gasteiger partial charge in [0.15, 0.2) is 0 Å². The second-order valence-electron chi connectivity index (χ2n) is 5.19. The third kappa shape index (κ3) is 2.32. The van der Waals surface area contributed by atoms with Crippen molar-refractivity contribution >= 4 is 0 Å². The molecule has 0 amide bonds. The van der Waals surface area contributed by atoms with Crippen LogP contribution in [-0.2, 0) is 26.6 Å². The van der Waals surface area contributed by atoms with Crippen molar-refractivity contribution in [3.63, 3.8) is 0 Å². The predicted molar refractivity (Wildman–Crippen MR) is 76.6 cm³/mol. The van der Waals surface area contributed by atoms with Crippen LogP contribution in [0.25, 0.3) is 0 Å². The maximum atomic E-state index is 11.9. The highest BCUT2D eigenvalue weighted by molar-refractivity contribution is 5.21. The van der Waals surface area contributed by atoms with Crippen LogP contribution in [-0.4, -0.2) is 21.0 Å². The highest BCUT2D eigenvalue weighted by Gasteiger charge is 2.21. The van der Waals surface area contributed by atoms with E-state index in [0.717, 1.165) is 25.2 Å². The molecule has 1 aliphatic rings. The van der Waals surface area contributed by atoms with Gasteiger partial charge in [0.1, 0.15) is 0 Å². The second kappa shape index (κ2) is 5.09. The maximum absolute atomic E-state index is 11.9. The molecule has 0 atom stereocenters. The molecule has 1 N–H and O–H groups in total. The fourth-order valence-corrected chi connectivity index (χ4v) is 2.74. The van der Waals surface area contributed by atoms with Gasteiger partial charge in [-0.15, -0.1) is 0 Å². The molecular weight excluding hydrogens is 254 g/mol. The van der Waals surface area contributed by atoms with Gasteiger partial charge in [0.25, 0.3) is 5.56 Å². The lowest BCUT2D eigenvalue weighted by Crippen LogP contribution is -2.41. The summed E-state index contributed by atoms with van der Waals surface area (Å²) in [5.41, 5.74) is 2.24. The number of hydrogen-bond acceptors (Lipinski definition) is 3. The first-order valence-electron chi connectivity index (χ1n) is 6.72. The molecule has 0 fully saturated rings. The smallest absolute Gasteiger partial charge is 0.300 e. The summed E-state index contributed by atoms with van der Waals surface area (Å²) in [7, 11) is 1.71. The molecule has 0 saturated carbocycles. The second-order valence-corrected chi connectivity index (χ2v) is 5.19. The van der Waals surface area contributed by atoms with E-state index in [0.29, 0.717) is 12.1 Å². The van der Waals surface area contributed by atoms with E-state index in [1.165, 1.54) is 5.56 Å². The van der Waals surface area contributed by atoms with Crippen molar-refractivity contribution in [2.24, 2.45) is 7.05 Å². The van der Waals surface area contributed by atoms with E-state index in [2.05, 4.69) is 22.0 Å². The Morgan fingerprint density at radius 2 is 1.95 bits per heavy atom. The molecular formula is C15H17N3O2. The van der Waals surface area contributed by atoms with Crippen LogP contribution >= 0.6 is 0 Å². The monoisotopic (exact) mass is 271 g/mol. The lowest BCUT2D eigenvalue weighted by Gasteiger charge is -2.28. The van der Waals surface area contributed by atoms with Crippen LogP contribution in [0.4, 0.5) is 0 Å². The molecule has 0 aliphatic carbocycles. The number of aromatic amines is 1. The zero-order valence-corrected chi connectivity index (χ0v) is 11.4. The minimum absolute atomic E-state index is 0.249. The summed E-state index contributed by atoms with van der Waals surface area (Å²) in [6.07, 6.45) is 0.734. The maximum Gasteiger partial charge on any atom is 0.328 e. The first-order chi connectivity index (χ1) is 9.65. The van der Waals surface area contributed by atoms with Gasteiger partial charge in [-0.05, 0) is 5.56 Å². The number of H-pyrrole nitrogens is 1. The first kappa shape index (κ1) is 12.9. The Kier molecular flexibility index (Phi) is 3.28. The average Bonchev–Trinajstić information content (AvgIpc) is 2.46.